The molecule has 0 aliphatic carbocycles. The lowest BCUT2D eigenvalue weighted by atomic mass is 10.2. The van der Waals surface area contributed by atoms with E-state index >= 15 is 0 Å². The molecule has 0 aliphatic rings. The van der Waals surface area contributed by atoms with Crippen LogP contribution in [0, 0.1) is 6.07 Å². The molecule has 0 bridgehead atoms. The van der Waals surface area contributed by atoms with Crippen LogP contribution in [0.5, 0.6) is 0 Å². The number of carbonyl (C=O) groups is 1. The van der Waals surface area contributed by atoms with Crippen molar-refractivity contribution in [3.63, 3.8) is 0 Å². The molecule has 0 spiro atoms. The number of nitrogens with one attached hydrogen (secondary N) is 1. The number of aromatic nitrogens is 1. The van der Waals surface area contributed by atoms with Gasteiger partial charge in [-0.2, -0.15) is 4.31 Å². The average molecular weight is 605 g/mol. The molecule has 3 N–H and O–H groups in total. The third-order valence-electron chi connectivity index (χ3n) is 5.33. The predicted octanol–water partition coefficient (Wildman–Crippen LogP) is 2.33. The van der Waals surface area contributed by atoms with Crippen LogP contribution in [0.4, 0.5) is 0 Å². The second kappa shape index (κ2) is 11.3. The van der Waals surface area contributed by atoms with Crippen LogP contribution >= 0.6 is 19.3 Å². The molecule has 1 radical (unpaired) electrons. The molecule has 0 saturated carbocycles. The highest BCUT2D eigenvalue weighted by Crippen LogP contribution is 2.39. The van der Waals surface area contributed by atoms with Crippen LogP contribution < -0.4 is 10.3 Å². The van der Waals surface area contributed by atoms with E-state index in [2.05, 4.69) is 6.07 Å². The monoisotopic (exact) mass is 604 g/mol. The highest BCUT2D eigenvalue weighted by molar-refractivity contribution is 7.90. The molecule has 12 nitrogen and oxygen atoms in total. The Kier molecular flexibility index (Phi) is 8.88. The maximum absolute atomic E-state index is 12.9. The van der Waals surface area contributed by atoms with Gasteiger partial charge in [0.15, 0.2) is 0 Å². The summed E-state index contributed by atoms with van der Waals surface area (Å²) < 4.78 is 66.7. The van der Waals surface area contributed by atoms with Gasteiger partial charge >= 0.3 is 7.75 Å². The zero-order valence-corrected chi connectivity index (χ0v) is 23.4. The smallest absolute Gasteiger partial charge is 0.308 e. The van der Waals surface area contributed by atoms with Gasteiger partial charge in [-0.05, 0) is 55.3 Å². The number of hydrogen-bond acceptors (Lipinski definition) is 7. The molecule has 3 aromatic rings. The fraction of sp³-hybridized carbons (Fsp3) is 0.273. The van der Waals surface area contributed by atoms with Crippen LogP contribution in [0.15, 0.2) is 57.1 Å². The van der Waals surface area contributed by atoms with Crippen LogP contribution in [-0.4, -0.2) is 54.3 Å². The lowest BCUT2D eigenvalue weighted by molar-refractivity contribution is 0.0981. The second-order valence-corrected chi connectivity index (χ2v) is 13.5. The van der Waals surface area contributed by atoms with Gasteiger partial charge in [-0.3, -0.25) is 9.59 Å². The summed E-state index contributed by atoms with van der Waals surface area (Å²) >= 11 is 6.06. The van der Waals surface area contributed by atoms with E-state index < -0.39 is 49.2 Å². The minimum absolute atomic E-state index is 0.0521. The Morgan fingerprint density at radius 2 is 1.66 bits per heavy atom. The molecular weight excluding hydrogens is 581 g/mol. The zero-order valence-electron chi connectivity index (χ0n) is 20.2. The molecule has 1 aromatic heterocycles. The van der Waals surface area contributed by atoms with Crippen molar-refractivity contribution in [2.24, 2.45) is 0 Å². The maximum atomic E-state index is 12.9. The molecule has 38 heavy (non-hydrogen) atoms. The van der Waals surface area contributed by atoms with Gasteiger partial charge in [0.2, 0.25) is 10.0 Å². The first kappa shape index (κ1) is 30.0. The highest BCUT2D eigenvalue weighted by atomic mass is 35.5. The Morgan fingerprint density at radius 1 is 1.08 bits per heavy atom. The molecule has 0 aliphatic heterocycles. The number of sulfonamides is 2. The third kappa shape index (κ3) is 6.18. The number of rotatable bonds is 10. The molecule has 205 valence electrons. The average Bonchev–Trinajstić information content (AvgIpc) is 2.82. The van der Waals surface area contributed by atoms with Crippen molar-refractivity contribution in [3.8, 4) is 0 Å². The lowest BCUT2D eigenvalue weighted by Gasteiger charge is -2.21. The van der Waals surface area contributed by atoms with Crippen molar-refractivity contribution >= 4 is 56.2 Å². The number of benzene rings is 2. The fourth-order valence-corrected chi connectivity index (χ4v) is 7.55. The van der Waals surface area contributed by atoms with Gasteiger partial charge in [0.05, 0.1) is 21.5 Å². The number of nitrogens with zero attached hydrogens (tertiary/aromatic N) is 2. The van der Waals surface area contributed by atoms with E-state index in [1.165, 1.54) is 28.6 Å². The number of amides is 1. The topological polar surface area (TPSA) is 180 Å². The predicted molar refractivity (Wildman–Crippen MR) is 140 cm³/mol. The van der Waals surface area contributed by atoms with E-state index in [0.717, 1.165) is 18.2 Å². The maximum Gasteiger partial charge on any atom is 0.437 e. The Morgan fingerprint density at radius 3 is 2.18 bits per heavy atom. The molecule has 1 heterocycles. The summed E-state index contributed by atoms with van der Waals surface area (Å²) in [6, 6.07) is 9.68. The van der Waals surface area contributed by atoms with Crippen LogP contribution in [0.3, 0.4) is 0 Å². The van der Waals surface area contributed by atoms with Crippen LogP contribution in [0.25, 0.3) is 10.9 Å². The lowest BCUT2D eigenvalue weighted by Crippen LogP contribution is -2.33. The summed E-state index contributed by atoms with van der Waals surface area (Å²) in [5.41, 5.74) is -1.64. The largest absolute Gasteiger partial charge is 0.437 e. The summed E-state index contributed by atoms with van der Waals surface area (Å²) in [6.07, 6.45) is 1.23. The highest BCUT2D eigenvalue weighted by Gasteiger charge is 2.27. The second-order valence-electron chi connectivity index (χ2n) is 8.12. The molecule has 0 unspecified atom stereocenters. The number of halogens is 1. The van der Waals surface area contributed by atoms with Crippen molar-refractivity contribution in [1.29, 1.82) is 0 Å². The van der Waals surface area contributed by atoms with Gasteiger partial charge in [0.25, 0.3) is 21.5 Å². The molecule has 0 atom stereocenters. The minimum atomic E-state index is -5.12. The van der Waals surface area contributed by atoms with E-state index in [1.54, 1.807) is 0 Å². The van der Waals surface area contributed by atoms with E-state index in [-0.39, 0.29) is 25.7 Å². The zero-order chi connectivity index (χ0) is 28.5. The van der Waals surface area contributed by atoms with Crippen molar-refractivity contribution in [3.05, 3.63) is 69.5 Å². The van der Waals surface area contributed by atoms with Crippen LogP contribution in [0.2, 0.25) is 5.02 Å². The molecule has 2 aromatic carbocycles. The first-order valence-electron chi connectivity index (χ1n) is 11.1. The Balaban J connectivity index is 1.93. The van der Waals surface area contributed by atoms with E-state index in [0.29, 0.717) is 25.9 Å². The normalized spacial score (nSPS) is 12.7. The third-order valence-corrected chi connectivity index (χ3v) is 9.96. The van der Waals surface area contributed by atoms with Gasteiger partial charge < -0.3 is 9.79 Å². The van der Waals surface area contributed by atoms with E-state index in [4.69, 9.17) is 11.6 Å². The summed E-state index contributed by atoms with van der Waals surface area (Å²) in [7, 11) is -13.5. The number of hydrogen-bond donors (Lipinski definition) is 3. The quantitative estimate of drug-likeness (QED) is 0.293. The Labute approximate surface area is 224 Å². The standard InChI is InChI=1S/C22H24ClN3O9PS2/c1-3-11-25(12-4-2)38(34,35)17-8-5-15(6-9-17)22(28)24-37(32,33)20-13-16-7-10-21(27)26(36(29,30)31)19(16)14-18(20)23/h5-9,13-14H,3-4,11-12H2,1-2H3,(H,24,28)(H2,29,30,31). The van der Waals surface area contributed by atoms with Crippen LogP contribution in [0.1, 0.15) is 37.0 Å². The van der Waals surface area contributed by atoms with E-state index in [9.17, 15) is 40.8 Å². The molecule has 1 amide bonds. The molecule has 0 saturated heterocycles. The van der Waals surface area contributed by atoms with Crippen LogP contribution in [-0.2, 0) is 24.6 Å². The number of carbonyl (C=O) groups excluding carboxylic acids is 1. The van der Waals surface area contributed by atoms with Crippen molar-refractivity contribution in [2.75, 3.05) is 13.1 Å². The van der Waals surface area contributed by atoms with Gasteiger partial charge in [-0.15, -0.1) is 0 Å². The molecule has 16 heteroatoms. The summed E-state index contributed by atoms with van der Waals surface area (Å²) in [5, 5.41) is -0.609. The van der Waals surface area contributed by atoms with Crippen molar-refractivity contribution in [1.82, 2.24) is 13.4 Å². The first-order valence-corrected chi connectivity index (χ1v) is 16.0. The van der Waals surface area contributed by atoms with Crippen molar-refractivity contribution < 1.29 is 36.0 Å². The molecule has 3 rings (SSSR count). The van der Waals surface area contributed by atoms with Gasteiger partial charge in [0, 0.05) is 24.0 Å². The first-order chi connectivity index (χ1) is 17.6. The summed E-state index contributed by atoms with van der Waals surface area (Å²) in [4.78, 5) is 42.9. The Hall–Kier alpha value is -2.58. The SMILES string of the molecule is CCCN(CCC)S(=O)(=O)c1ccc(C(=O)NS(=O)(=O)c2cc3c[c]c(=O)n(P(=O)(O)O)c3cc2Cl)cc1. The summed E-state index contributed by atoms with van der Waals surface area (Å²) in [5.74, 6) is -1.07. The van der Waals surface area contributed by atoms with Crippen molar-refractivity contribution in [2.45, 2.75) is 36.5 Å². The minimum Gasteiger partial charge on any atom is -0.308 e. The van der Waals surface area contributed by atoms with Gasteiger partial charge in [0.1, 0.15) is 4.90 Å². The summed E-state index contributed by atoms with van der Waals surface area (Å²) in [6.45, 7) is 4.35. The Bertz CT molecular complexity index is 1690. The van der Waals surface area contributed by atoms with E-state index in [1.807, 2.05) is 18.6 Å². The number of fused-ring (bicyclic) bond motifs is 1. The fourth-order valence-electron chi connectivity index (χ4n) is 3.65. The van der Waals surface area contributed by atoms with Gasteiger partial charge in [-0.25, -0.2) is 30.5 Å². The number of pyridine rings is 1. The van der Waals surface area contributed by atoms with Gasteiger partial charge in [-0.1, -0.05) is 25.4 Å². The molecular formula is C22H24ClN3O9PS2. The molecule has 0 fully saturated rings.